The fourth-order valence-corrected chi connectivity index (χ4v) is 1.59. The van der Waals surface area contributed by atoms with E-state index in [0.29, 0.717) is 13.0 Å². The lowest BCUT2D eigenvalue weighted by Crippen LogP contribution is -2.37. The van der Waals surface area contributed by atoms with Crippen LogP contribution in [-0.4, -0.2) is 46.2 Å². The van der Waals surface area contributed by atoms with Gasteiger partial charge in [-0.25, -0.2) is 8.42 Å². The van der Waals surface area contributed by atoms with Gasteiger partial charge >= 0.3 is 0 Å². The highest BCUT2D eigenvalue weighted by atomic mass is 32.2. The fraction of sp³-hybridized carbons (Fsp3) is 1.00. The zero-order valence-corrected chi connectivity index (χ0v) is 10.3. The van der Waals surface area contributed by atoms with Crippen LogP contribution >= 0.6 is 0 Å². The molecule has 0 radical (unpaired) electrons. The Labute approximate surface area is 86.9 Å². The van der Waals surface area contributed by atoms with Crippen molar-refractivity contribution in [2.24, 2.45) is 0 Å². The second-order valence-electron chi connectivity index (χ2n) is 4.12. The topological polar surface area (TPSA) is 55.4 Å². The lowest BCUT2D eigenvalue weighted by Gasteiger charge is -2.23. The van der Waals surface area contributed by atoms with Gasteiger partial charge in [-0.1, -0.05) is 0 Å². The zero-order chi connectivity index (χ0) is 11.2. The molecule has 0 unspecified atom stereocenters. The molecule has 86 valence electrons. The molecule has 5 heteroatoms. The molecule has 0 atom stereocenters. The molecule has 14 heavy (non-hydrogen) atoms. The lowest BCUT2D eigenvalue weighted by molar-refractivity contribution is 0.0235. The Kier molecular flexibility index (Phi) is 5.63. The predicted molar refractivity (Wildman–Crippen MR) is 58.3 cm³/mol. The fourth-order valence-electron chi connectivity index (χ4n) is 0.921. The number of ether oxygens (including phenoxy) is 1. The van der Waals surface area contributed by atoms with Gasteiger partial charge in [-0.05, 0) is 26.8 Å². The van der Waals surface area contributed by atoms with Crippen molar-refractivity contribution < 1.29 is 13.2 Å². The molecule has 0 aliphatic carbocycles. The molecule has 0 amide bonds. The Morgan fingerprint density at radius 3 is 2.36 bits per heavy atom. The molecule has 0 bridgehead atoms. The van der Waals surface area contributed by atoms with Gasteiger partial charge in [0.15, 0.2) is 0 Å². The van der Waals surface area contributed by atoms with Crippen LogP contribution in [0.25, 0.3) is 0 Å². The second-order valence-corrected chi connectivity index (χ2v) is 6.38. The third-order valence-electron chi connectivity index (χ3n) is 1.97. The van der Waals surface area contributed by atoms with Gasteiger partial charge < -0.3 is 10.1 Å². The van der Waals surface area contributed by atoms with Crippen molar-refractivity contribution in [3.8, 4) is 0 Å². The van der Waals surface area contributed by atoms with Crippen LogP contribution in [-0.2, 0) is 14.6 Å². The molecular formula is C9H21NO3S. The van der Waals surface area contributed by atoms with Crippen molar-refractivity contribution in [2.45, 2.75) is 25.9 Å². The molecule has 0 aliphatic heterocycles. The van der Waals surface area contributed by atoms with E-state index >= 15 is 0 Å². The van der Waals surface area contributed by atoms with E-state index in [0.717, 1.165) is 6.54 Å². The second kappa shape index (κ2) is 5.68. The van der Waals surface area contributed by atoms with Crippen LogP contribution in [0.4, 0.5) is 0 Å². The summed E-state index contributed by atoms with van der Waals surface area (Å²) in [7, 11) is -1.15. The molecule has 0 spiro atoms. The minimum Gasteiger partial charge on any atom is -0.377 e. The molecule has 0 aliphatic rings. The molecule has 0 fully saturated rings. The van der Waals surface area contributed by atoms with E-state index in [-0.39, 0.29) is 11.4 Å². The summed E-state index contributed by atoms with van der Waals surface area (Å²) in [6.07, 6.45) is 1.91. The number of nitrogens with one attached hydrogen (secondary N) is 1. The Morgan fingerprint density at radius 2 is 1.93 bits per heavy atom. The van der Waals surface area contributed by atoms with E-state index in [4.69, 9.17) is 4.74 Å². The first-order chi connectivity index (χ1) is 6.27. The van der Waals surface area contributed by atoms with Crippen molar-refractivity contribution in [2.75, 3.05) is 32.2 Å². The number of hydrogen-bond acceptors (Lipinski definition) is 4. The van der Waals surface area contributed by atoms with Gasteiger partial charge in [0, 0.05) is 19.9 Å². The van der Waals surface area contributed by atoms with Gasteiger partial charge in [0.05, 0.1) is 11.4 Å². The number of sulfone groups is 1. The van der Waals surface area contributed by atoms with Crippen molar-refractivity contribution >= 4 is 9.84 Å². The predicted octanol–water partition coefficient (Wildman–Crippen LogP) is 0.436. The van der Waals surface area contributed by atoms with E-state index < -0.39 is 9.84 Å². The number of hydrogen-bond donors (Lipinski definition) is 1. The monoisotopic (exact) mass is 223 g/mol. The van der Waals surface area contributed by atoms with Crippen LogP contribution in [0, 0.1) is 0 Å². The smallest absolute Gasteiger partial charge is 0.147 e. The first-order valence-electron chi connectivity index (χ1n) is 4.70. The molecule has 4 nitrogen and oxygen atoms in total. The van der Waals surface area contributed by atoms with Crippen LogP contribution in [0.1, 0.15) is 20.3 Å². The highest BCUT2D eigenvalue weighted by Crippen LogP contribution is 2.04. The summed E-state index contributed by atoms with van der Waals surface area (Å²) in [5.41, 5.74) is -0.189. The van der Waals surface area contributed by atoms with E-state index in [1.807, 2.05) is 13.8 Å². The molecular weight excluding hydrogens is 202 g/mol. The molecule has 0 rings (SSSR count). The van der Waals surface area contributed by atoms with Crippen molar-refractivity contribution in [1.82, 2.24) is 5.32 Å². The van der Waals surface area contributed by atoms with Gasteiger partial charge in [-0.15, -0.1) is 0 Å². The van der Waals surface area contributed by atoms with Gasteiger partial charge in [0.1, 0.15) is 9.84 Å². The van der Waals surface area contributed by atoms with Gasteiger partial charge in [0.2, 0.25) is 0 Å². The van der Waals surface area contributed by atoms with Gasteiger partial charge in [-0.3, -0.25) is 0 Å². The Balaban J connectivity index is 3.49. The number of methoxy groups -OCH3 is 1. The van der Waals surface area contributed by atoms with Crippen LogP contribution in [0.5, 0.6) is 0 Å². The van der Waals surface area contributed by atoms with Gasteiger partial charge in [-0.2, -0.15) is 0 Å². The Morgan fingerprint density at radius 1 is 1.36 bits per heavy atom. The summed E-state index contributed by atoms with van der Waals surface area (Å²) in [4.78, 5) is 0. The summed E-state index contributed by atoms with van der Waals surface area (Å²) >= 11 is 0. The van der Waals surface area contributed by atoms with Crippen molar-refractivity contribution in [3.63, 3.8) is 0 Å². The van der Waals surface area contributed by atoms with E-state index in [1.54, 1.807) is 7.11 Å². The van der Waals surface area contributed by atoms with E-state index in [9.17, 15) is 8.42 Å². The van der Waals surface area contributed by atoms with Crippen LogP contribution in [0.15, 0.2) is 0 Å². The lowest BCUT2D eigenvalue weighted by atomic mass is 10.1. The third kappa shape index (κ3) is 8.47. The molecule has 0 aromatic carbocycles. The highest BCUT2D eigenvalue weighted by Gasteiger charge is 2.14. The summed E-state index contributed by atoms with van der Waals surface area (Å²) in [5, 5.41) is 3.16. The number of rotatable bonds is 7. The van der Waals surface area contributed by atoms with E-state index in [1.165, 1.54) is 6.26 Å². The van der Waals surface area contributed by atoms with Crippen LogP contribution < -0.4 is 5.32 Å². The molecule has 0 saturated heterocycles. The molecule has 0 aromatic heterocycles. The SMILES string of the molecule is COC(C)(C)CNCCCS(C)(=O)=O. The van der Waals surface area contributed by atoms with Crippen LogP contribution in [0.3, 0.4) is 0 Å². The molecule has 0 aromatic rings. The minimum atomic E-state index is -2.82. The highest BCUT2D eigenvalue weighted by molar-refractivity contribution is 7.90. The van der Waals surface area contributed by atoms with Crippen molar-refractivity contribution in [3.05, 3.63) is 0 Å². The molecule has 0 saturated carbocycles. The standard InChI is InChI=1S/C9H21NO3S/c1-9(2,13-3)8-10-6-5-7-14(4,11)12/h10H,5-8H2,1-4H3. The largest absolute Gasteiger partial charge is 0.377 e. The van der Waals surface area contributed by atoms with Gasteiger partial charge in [0.25, 0.3) is 0 Å². The first kappa shape index (κ1) is 13.9. The average molecular weight is 223 g/mol. The van der Waals surface area contributed by atoms with E-state index in [2.05, 4.69) is 5.32 Å². The summed E-state index contributed by atoms with van der Waals surface area (Å²) in [6.45, 7) is 5.40. The third-order valence-corrected chi connectivity index (χ3v) is 3.00. The normalized spacial score (nSPS) is 13.1. The quantitative estimate of drug-likeness (QED) is 0.636. The maximum Gasteiger partial charge on any atom is 0.147 e. The molecule has 1 N–H and O–H groups in total. The minimum absolute atomic E-state index is 0.189. The summed E-state index contributed by atoms with van der Waals surface area (Å²) in [5.74, 6) is 0.243. The molecule has 0 heterocycles. The maximum atomic E-state index is 10.8. The van der Waals surface area contributed by atoms with Crippen molar-refractivity contribution in [1.29, 1.82) is 0 Å². The summed E-state index contributed by atoms with van der Waals surface area (Å²) in [6, 6.07) is 0. The zero-order valence-electron chi connectivity index (χ0n) is 9.46. The average Bonchev–Trinajstić information content (AvgIpc) is 2.01. The Bertz CT molecular complexity index is 247. The Hall–Kier alpha value is -0.130. The summed E-state index contributed by atoms with van der Waals surface area (Å²) < 4.78 is 26.8. The van der Waals surface area contributed by atoms with Crippen LogP contribution in [0.2, 0.25) is 0 Å². The first-order valence-corrected chi connectivity index (χ1v) is 6.76. The maximum absolute atomic E-state index is 10.8.